The predicted octanol–water partition coefficient (Wildman–Crippen LogP) is 1.80. The molecule has 7 heteroatoms. The molecule has 1 saturated heterocycles. The number of halogens is 1. The minimum atomic E-state index is -3.07. The smallest absolute Gasteiger partial charge is 0.211 e. The van der Waals surface area contributed by atoms with Crippen LogP contribution >= 0.6 is 15.9 Å². The average molecular weight is 377 g/mol. The number of nitrogens with zero attached hydrogens (tertiary/aromatic N) is 2. The highest BCUT2D eigenvalue weighted by molar-refractivity contribution is 9.10. The number of sulfonamides is 1. The van der Waals surface area contributed by atoms with Crippen molar-refractivity contribution in [3.8, 4) is 5.75 Å². The Labute approximate surface area is 135 Å². The summed E-state index contributed by atoms with van der Waals surface area (Å²) < 4.78 is 31.4. The Bertz CT molecular complexity index is 565. The van der Waals surface area contributed by atoms with Crippen LogP contribution in [0.25, 0.3) is 0 Å². The van der Waals surface area contributed by atoms with Crippen LogP contribution in [-0.4, -0.2) is 63.2 Å². The molecule has 0 bridgehead atoms. The lowest BCUT2D eigenvalue weighted by Gasteiger charge is -2.20. The van der Waals surface area contributed by atoms with E-state index < -0.39 is 10.0 Å². The minimum Gasteiger partial charge on any atom is -0.492 e. The maximum Gasteiger partial charge on any atom is 0.211 e. The molecule has 1 aliphatic rings. The lowest BCUT2D eigenvalue weighted by Crippen LogP contribution is -2.35. The highest BCUT2D eigenvalue weighted by Crippen LogP contribution is 2.17. The Kier molecular flexibility index (Phi) is 6.04. The molecule has 0 amide bonds. The van der Waals surface area contributed by atoms with Crippen molar-refractivity contribution in [2.24, 2.45) is 0 Å². The van der Waals surface area contributed by atoms with E-state index in [9.17, 15) is 8.42 Å². The van der Waals surface area contributed by atoms with E-state index in [-0.39, 0.29) is 0 Å². The molecule has 2 rings (SSSR count). The molecule has 1 fully saturated rings. The van der Waals surface area contributed by atoms with Crippen molar-refractivity contribution < 1.29 is 13.2 Å². The summed E-state index contributed by atoms with van der Waals surface area (Å²) in [4.78, 5) is 2.25. The fourth-order valence-corrected chi connectivity index (χ4v) is 3.60. The molecular weight excluding hydrogens is 356 g/mol. The lowest BCUT2D eigenvalue weighted by molar-refractivity contribution is 0.215. The molecule has 5 nitrogen and oxygen atoms in total. The van der Waals surface area contributed by atoms with Gasteiger partial charge in [-0.25, -0.2) is 12.7 Å². The first-order chi connectivity index (χ1) is 9.95. The van der Waals surface area contributed by atoms with Crippen molar-refractivity contribution in [2.75, 3.05) is 45.6 Å². The van der Waals surface area contributed by atoms with E-state index in [0.29, 0.717) is 19.7 Å². The summed E-state index contributed by atoms with van der Waals surface area (Å²) >= 11 is 3.41. The molecule has 0 radical (unpaired) electrons. The van der Waals surface area contributed by atoms with E-state index in [1.807, 2.05) is 24.3 Å². The normalized spacial score (nSPS) is 18.4. The first-order valence-corrected chi connectivity index (χ1v) is 9.65. The second kappa shape index (κ2) is 7.58. The fraction of sp³-hybridized carbons (Fsp3) is 0.571. The van der Waals surface area contributed by atoms with Gasteiger partial charge in [0, 0.05) is 30.7 Å². The lowest BCUT2D eigenvalue weighted by atomic mass is 10.3. The highest BCUT2D eigenvalue weighted by atomic mass is 79.9. The quantitative estimate of drug-likeness (QED) is 0.785. The summed E-state index contributed by atoms with van der Waals surface area (Å²) in [5.74, 6) is 0.844. The molecule has 0 unspecified atom stereocenters. The molecule has 0 atom stereocenters. The topological polar surface area (TPSA) is 49.9 Å². The van der Waals surface area contributed by atoms with Gasteiger partial charge in [0.2, 0.25) is 10.0 Å². The summed E-state index contributed by atoms with van der Waals surface area (Å²) in [5, 5.41) is 0. The van der Waals surface area contributed by atoms with Crippen molar-refractivity contribution >= 4 is 26.0 Å². The van der Waals surface area contributed by atoms with Gasteiger partial charge in [-0.3, -0.25) is 4.90 Å². The second-order valence-corrected chi connectivity index (χ2v) is 8.06. The Morgan fingerprint density at radius 3 is 2.76 bits per heavy atom. The SMILES string of the molecule is CS(=O)(=O)N1CCCN(CCOc2cccc(Br)c2)CC1. The van der Waals surface area contributed by atoms with Gasteiger partial charge in [0.1, 0.15) is 12.4 Å². The largest absolute Gasteiger partial charge is 0.492 e. The van der Waals surface area contributed by atoms with Crippen LogP contribution in [0.3, 0.4) is 0 Å². The van der Waals surface area contributed by atoms with Gasteiger partial charge in [0.05, 0.1) is 6.26 Å². The summed E-state index contributed by atoms with van der Waals surface area (Å²) in [6.07, 6.45) is 2.14. The first-order valence-electron chi connectivity index (χ1n) is 7.01. The van der Waals surface area contributed by atoms with Crippen molar-refractivity contribution in [2.45, 2.75) is 6.42 Å². The number of hydrogen-bond donors (Lipinski definition) is 0. The van der Waals surface area contributed by atoms with Gasteiger partial charge in [0.25, 0.3) is 0 Å². The van der Waals surface area contributed by atoms with Gasteiger partial charge >= 0.3 is 0 Å². The van der Waals surface area contributed by atoms with Gasteiger partial charge in [-0.2, -0.15) is 0 Å². The van der Waals surface area contributed by atoms with Crippen LogP contribution in [0.2, 0.25) is 0 Å². The molecule has 0 aliphatic carbocycles. The average Bonchev–Trinajstić information content (AvgIpc) is 2.64. The molecule has 118 valence electrons. The number of benzene rings is 1. The zero-order valence-corrected chi connectivity index (χ0v) is 14.6. The van der Waals surface area contributed by atoms with E-state index in [2.05, 4.69) is 20.8 Å². The monoisotopic (exact) mass is 376 g/mol. The first kappa shape index (κ1) is 16.7. The van der Waals surface area contributed by atoms with E-state index in [1.54, 1.807) is 4.31 Å². The molecule has 0 aromatic heterocycles. The summed E-state index contributed by atoms with van der Waals surface area (Å²) in [6.45, 7) is 4.26. The third-order valence-corrected chi connectivity index (χ3v) is 5.29. The Hall–Kier alpha value is -0.630. The maximum absolute atomic E-state index is 11.6. The third kappa shape index (κ3) is 5.58. The van der Waals surface area contributed by atoms with Gasteiger partial charge in [-0.1, -0.05) is 22.0 Å². The number of rotatable bonds is 5. The standard InChI is InChI=1S/C14H21BrN2O3S/c1-21(18,19)17-7-3-6-16(8-9-17)10-11-20-14-5-2-4-13(15)12-14/h2,4-5,12H,3,6-11H2,1H3. The van der Waals surface area contributed by atoms with Gasteiger partial charge in [-0.15, -0.1) is 0 Å². The van der Waals surface area contributed by atoms with Crippen LogP contribution in [0.5, 0.6) is 5.75 Å². The van der Waals surface area contributed by atoms with Gasteiger partial charge in [0.15, 0.2) is 0 Å². The summed E-state index contributed by atoms with van der Waals surface area (Å²) in [5.41, 5.74) is 0. The maximum atomic E-state index is 11.6. The number of ether oxygens (including phenoxy) is 1. The molecule has 21 heavy (non-hydrogen) atoms. The van der Waals surface area contributed by atoms with Crippen molar-refractivity contribution in [3.05, 3.63) is 28.7 Å². The van der Waals surface area contributed by atoms with E-state index in [0.717, 1.165) is 36.3 Å². The molecule has 0 spiro atoms. The molecule has 1 aromatic rings. The molecule has 0 saturated carbocycles. The van der Waals surface area contributed by atoms with E-state index in [4.69, 9.17) is 4.74 Å². The van der Waals surface area contributed by atoms with E-state index >= 15 is 0 Å². The van der Waals surface area contributed by atoms with Crippen LogP contribution in [-0.2, 0) is 10.0 Å². The Morgan fingerprint density at radius 1 is 1.24 bits per heavy atom. The highest BCUT2D eigenvalue weighted by Gasteiger charge is 2.20. The zero-order chi connectivity index (χ0) is 15.3. The predicted molar refractivity (Wildman–Crippen MR) is 87.1 cm³/mol. The van der Waals surface area contributed by atoms with Crippen molar-refractivity contribution in [3.63, 3.8) is 0 Å². The molecule has 1 aromatic carbocycles. The Balaban J connectivity index is 1.77. The van der Waals surface area contributed by atoms with Gasteiger partial charge < -0.3 is 4.74 Å². The van der Waals surface area contributed by atoms with Crippen LogP contribution in [0.15, 0.2) is 28.7 Å². The molecule has 1 heterocycles. The third-order valence-electron chi connectivity index (χ3n) is 3.49. The van der Waals surface area contributed by atoms with Crippen LogP contribution in [0.1, 0.15) is 6.42 Å². The summed E-state index contributed by atoms with van der Waals surface area (Å²) in [7, 11) is -3.07. The van der Waals surface area contributed by atoms with Crippen molar-refractivity contribution in [1.82, 2.24) is 9.21 Å². The Morgan fingerprint density at radius 2 is 2.05 bits per heavy atom. The minimum absolute atomic E-state index is 0.565. The summed E-state index contributed by atoms with van der Waals surface area (Å²) in [6, 6.07) is 7.77. The molecular formula is C14H21BrN2O3S. The zero-order valence-electron chi connectivity index (χ0n) is 12.2. The van der Waals surface area contributed by atoms with E-state index in [1.165, 1.54) is 6.26 Å². The van der Waals surface area contributed by atoms with Crippen LogP contribution in [0.4, 0.5) is 0 Å². The van der Waals surface area contributed by atoms with Crippen molar-refractivity contribution in [1.29, 1.82) is 0 Å². The van der Waals surface area contributed by atoms with Crippen LogP contribution < -0.4 is 4.74 Å². The van der Waals surface area contributed by atoms with Gasteiger partial charge in [-0.05, 0) is 31.2 Å². The number of hydrogen-bond acceptors (Lipinski definition) is 4. The molecule has 1 aliphatic heterocycles. The second-order valence-electron chi connectivity index (χ2n) is 5.16. The fourth-order valence-electron chi connectivity index (χ4n) is 2.35. The van der Waals surface area contributed by atoms with Crippen LogP contribution in [0, 0.1) is 0 Å². The molecule has 0 N–H and O–H groups in total.